The summed E-state index contributed by atoms with van der Waals surface area (Å²) < 4.78 is 11.3. The molecule has 0 saturated carbocycles. The third kappa shape index (κ3) is 8.19. The van der Waals surface area contributed by atoms with Gasteiger partial charge in [0.05, 0.1) is 23.5 Å². The monoisotopic (exact) mass is 444 g/mol. The molecule has 0 saturated heterocycles. The van der Waals surface area contributed by atoms with Crippen LogP contribution in [0.2, 0.25) is 0 Å². The number of ether oxygens (including phenoxy) is 2. The average Bonchev–Trinajstić information content (AvgIpc) is 2.84. The molecule has 33 heavy (non-hydrogen) atoms. The number of hydrogen-bond donors (Lipinski definition) is 0. The molecule has 0 aliphatic rings. The average molecular weight is 445 g/mol. The maximum Gasteiger partial charge on any atom is 0.343 e. The molecule has 0 heterocycles. The summed E-state index contributed by atoms with van der Waals surface area (Å²) in [6.07, 6.45) is 7.37. The van der Waals surface area contributed by atoms with E-state index in [1.165, 1.54) is 32.1 Å². The predicted octanol–water partition coefficient (Wildman–Crippen LogP) is 8.37. The van der Waals surface area contributed by atoms with E-state index in [2.05, 4.69) is 17.2 Å². The first kappa shape index (κ1) is 24.2. The Kier molecular flexibility index (Phi) is 9.64. The fraction of sp³-hybridized carbons (Fsp3) is 0.321. The molecule has 5 heteroatoms. The lowest BCUT2D eigenvalue weighted by atomic mass is 10.1. The molecule has 3 rings (SSSR count). The van der Waals surface area contributed by atoms with E-state index >= 15 is 0 Å². The van der Waals surface area contributed by atoms with Gasteiger partial charge in [0, 0.05) is 0 Å². The van der Waals surface area contributed by atoms with E-state index in [0.717, 1.165) is 29.1 Å². The molecule has 0 unspecified atom stereocenters. The second-order valence-corrected chi connectivity index (χ2v) is 8.01. The summed E-state index contributed by atoms with van der Waals surface area (Å²) in [5, 5.41) is 8.52. The van der Waals surface area contributed by atoms with Gasteiger partial charge in [-0.05, 0) is 73.5 Å². The van der Waals surface area contributed by atoms with Crippen molar-refractivity contribution in [2.45, 2.75) is 52.4 Å². The van der Waals surface area contributed by atoms with Gasteiger partial charge >= 0.3 is 5.97 Å². The van der Waals surface area contributed by atoms with Crippen molar-refractivity contribution < 1.29 is 14.3 Å². The molecule has 0 N–H and O–H groups in total. The van der Waals surface area contributed by atoms with Crippen molar-refractivity contribution in [3.8, 4) is 11.5 Å². The van der Waals surface area contributed by atoms with Gasteiger partial charge < -0.3 is 9.47 Å². The highest BCUT2D eigenvalue weighted by atomic mass is 16.5. The molecule has 0 radical (unpaired) electrons. The van der Waals surface area contributed by atoms with Crippen LogP contribution in [0.25, 0.3) is 0 Å². The highest BCUT2D eigenvalue weighted by Gasteiger charge is 2.10. The summed E-state index contributed by atoms with van der Waals surface area (Å²) in [6.45, 7) is 4.83. The fourth-order valence-electron chi connectivity index (χ4n) is 3.34. The second-order valence-electron chi connectivity index (χ2n) is 8.01. The number of benzene rings is 3. The van der Waals surface area contributed by atoms with E-state index < -0.39 is 5.97 Å². The molecular weight excluding hydrogens is 412 g/mol. The van der Waals surface area contributed by atoms with E-state index in [1.807, 2.05) is 49.4 Å². The molecule has 0 aliphatic heterocycles. The Hall–Kier alpha value is -3.47. The van der Waals surface area contributed by atoms with Crippen LogP contribution in [0.5, 0.6) is 11.5 Å². The Morgan fingerprint density at radius 1 is 0.788 bits per heavy atom. The summed E-state index contributed by atoms with van der Waals surface area (Å²) in [6, 6.07) is 21.9. The van der Waals surface area contributed by atoms with Gasteiger partial charge in [0.1, 0.15) is 11.5 Å². The SMILES string of the molecule is CCCCCCCCOc1ccc(C(=O)Oc2ccc(N=Nc3ccccc3)c(C)c2)cc1. The van der Waals surface area contributed by atoms with Crippen LogP contribution in [0, 0.1) is 6.92 Å². The zero-order valence-corrected chi connectivity index (χ0v) is 19.5. The highest BCUT2D eigenvalue weighted by Crippen LogP contribution is 2.26. The summed E-state index contributed by atoms with van der Waals surface area (Å²) in [5.74, 6) is 0.833. The lowest BCUT2D eigenvalue weighted by Crippen LogP contribution is -2.08. The zero-order chi connectivity index (χ0) is 23.3. The van der Waals surface area contributed by atoms with Crippen LogP contribution >= 0.6 is 0 Å². The quantitative estimate of drug-likeness (QED) is 0.122. The van der Waals surface area contributed by atoms with Gasteiger partial charge in [-0.1, -0.05) is 57.2 Å². The molecule has 0 aliphatic carbocycles. The molecule has 0 amide bonds. The summed E-state index contributed by atoms with van der Waals surface area (Å²) >= 11 is 0. The zero-order valence-electron chi connectivity index (χ0n) is 19.5. The van der Waals surface area contributed by atoms with Crippen LogP contribution in [-0.2, 0) is 0 Å². The molecule has 3 aromatic carbocycles. The standard InChI is InChI=1S/C28H32N2O3/c1-3-4-5-6-7-11-20-32-25-16-14-23(15-17-25)28(31)33-26-18-19-27(22(2)21-26)30-29-24-12-9-8-10-13-24/h8-10,12-19,21H,3-7,11,20H2,1-2H3. The Bertz CT molecular complexity index is 1030. The van der Waals surface area contributed by atoms with Gasteiger partial charge in [-0.2, -0.15) is 10.2 Å². The first-order valence-electron chi connectivity index (χ1n) is 11.7. The summed E-state index contributed by atoms with van der Waals surface area (Å²) in [4.78, 5) is 12.5. The lowest BCUT2D eigenvalue weighted by Gasteiger charge is -2.08. The minimum atomic E-state index is -0.407. The minimum absolute atomic E-state index is 0.407. The van der Waals surface area contributed by atoms with E-state index in [4.69, 9.17) is 9.47 Å². The number of hydrogen-bond acceptors (Lipinski definition) is 5. The number of carbonyl (C=O) groups is 1. The normalized spacial score (nSPS) is 11.0. The van der Waals surface area contributed by atoms with Gasteiger partial charge in [0.2, 0.25) is 0 Å². The van der Waals surface area contributed by atoms with Crippen LogP contribution in [0.4, 0.5) is 11.4 Å². The number of carbonyl (C=O) groups excluding carboxylic acids is 1. The minimum Gasteiger partial charge on any atom is -0.494 e. The van der Waals surface area contributed by atoms with Crippen LogP contribution < -0.4 is 9.47 Å². The van der Waals surface area contributed by atoms with Crippen molar-refractivity contribution in [1.29, 1.82) is 0 Å². The Morgan fingerprint density at radius 2 is 1.48 bits per heavy atom. The van der Waals surface area contributed by atoms with Crippen molar-refractivity contribution in [3.63, 3.8) is 0 Å². The molecule has 5 nitrogen and oxygen atoms in total. The molecule has 0 fully saturated rings. The smallest absolute Gasteiger partial charge is 0.343 e. The van der Waals surface area contributed by atoms with Crippen LogP contribution in [0.15, 0.2) is 83.0 Å². The lowest BCUT2D eigenvalue weighted by molar-refractivity contribution is 0.0734. The number of unbranched alkanes of at least 4 members (excludes halogenated alkanes) is 5. The summed E-state index contributed by atoms with van der Waals surface area (Å²) in [5.41, 5.74) is 2.86. The Labute approximate surface area is 196 Å². The van der Waals surface area contributed by atoms with E-state index in [1.54, 1.807) is 30.3 Å². The number of esters is 1. The largest absolute Gasteiger partial charge is 0.494 e. The summed E-state index contributed by atoms with van der Waals surface area (Å²) in [7, 11) is 0. The highest BCUT2D eigenvalue weighted by molar-refractivity contribution is 5.91. The van der Waals surface area contributed by atoms with Gasteiger partial charge in [-0.3, -0.25) is 0 Å². The van der Waals surface area contributed by atoms with Crippen molar-refractivity contribution in [1.82, 2.24) is 0 Å². The van der Waals surface area contributed by atoms with Gasteiger partial charge in [-0.25, -0.2) is 4.79 Å². The topological polar surface area (TPSA) is 60.2 Å². The third-order valence-electron chi connectivity index (χ3n) is 5.26. The Balaban J connectivity index is 1.48. The maximum absolute atomic E-state index is 12.5. The van der Waals surface area contributed by atoms with E-state index in [9.17, 15) is 4.79 Å². The van der Waals surface area contributed by atoms with Crippen molar-refractivity contribution >= 4 is 17.3 Å². The second kappa shape index (κ2) is 13.2. The molecule has 0 aromatic heterocycles. The van der Waals surface area contributed by atoms with E-state index in [-0.39, 0.29) is 0 Å². The fourth-order valence-corrected chi connectivity index (χ4v) is 3.34. The number of aryl methyl sites for hydroxylation is 1. The third-order valence-corrected chi connectivity index (χ3v) is 5.26. The number of rotatable bonds is 12. The molecule has 0 atom stereocenters. The van der Waals surface area contributed by atoms with Crippen molar-refractivity contribution in [2.24, 2.45) is 10.2 Å². The molecule has 0 spiro atoms. The number of azo groups is 1. The maximum atomic E-state index is 12.5. The predicted molar refractivity (Wildman–Crippen MR) is 132 cm³/mol. The van der Waals surface area contributed by atoms with Crippen molar-refractivity contribution in [3.05, 3.63) is 83.9 Å². The van der Waals surface area contributed by atoms with Crippen LogP contribution in [0.1, 0.15) is 61.4 Å². The van der Waals surface area contributed by atoms with Crippen LogP contribution in [-0.4, -0.2) is 12.6 Å². The first-order chi connectivity index (χ1) is 16.2. The van der Waals surface area contributed by atoms with Crippen molar-refractivity contribution in [2.75, 3.05) is 6.61 Å². The Morgan fingerprint density at radius 3 is 2.21 bits per heavy atom. The molecular formula is C28H32N2O3. The van der Waals surface area contributed by atoms with Gasteiger partial charge in [0.15, 0.2) is 0 Å². The molecule has 3 aromatic rings. The van der Waals surface area contributed by atoms with Gasteiger partial charge in [-0.15, -0.1) is 0 Å². The first-order valence-corrected chi connectivity index (χ1v) is 11.7. The number of nitrogens with zero attached hydrogens (tertiary/aromatic N) is 2. The molecule has 172 valence electrons. The van der Waals surface area contributed by atoms with E-state index in [0.29, 0.717) is 17.9 Å². The van der Waals surface area contributed by atoms with Crippen LogP contribution in [0.3, 0.4) is 0 Å². The molecule has 0 bridgehead atoms. The van der Waals surface area contributed by atoms with Gasteiger partial charge in [0.25, 0.3) is 0 Å².